The van der Waals surface area contributed by atoms with Crippen LogP contribution in [0.1, 0.15) is 65.7 Å². The Labute approximate surface area is 119 Å². The maximum atomic E-state index is 3.97. The third kappa shape index (κ3) is 2.63. The molecule has 3 unspecified atom stereocenters. The van der Waals surface area contributed by atoms with E-state index in [-0.39, 0.29) is 0 Å². The fraction of sp³-hybridized carbons (Fsp3) is 0.889. The van der Waals surface area contributed by atoms with Crippen LogP contribution in [0.4, 0.5) is 0 Å². The fourth-order valence-corrected chi connectivity index (χ4v) is 4.54. The van der Waals surface area contributed by atoms with Crippen LogP contribution in [0.15, 0.2) is 12.2 Å². The standard InChI is InChI=1S/C18H31N/c1-4-18(2,3)14-8-10-15(11-9-14)19-17-12-13-6-5-7-16(13)17/h5,7,13-17,19H,4,6,8-12H2,1-3H3. The Morgan fingerprint density at radius 3 is 2.53 bits per heavy atom. The van der Waals surface area contributed by atoms with Gasteiger partial charge in [0.15, 0.2) is 0 Å². The van der Waals surface area contributed by atoms with Crippen LogP contribution in [0, 0.1) is 23.2 Å². The van der Waals surface area contributed by atoms with E-state index in [9.17, 15) is 0 Å². The smallest absolute Gasteiger partial charge is 0.0138 e. The highest BCUT2D eigenvalue weighted by atomic mass is 15.0. The summed E-state index contributed by atoms with van der Waals surface area (Å²) in [6.07, 6.45) is 14.7. The molecule has 0 aromatic heterocycles. The normalized spacial score (nSPS) is 41.9. The first-order chi connectivity index (χ1) is 9.10. The Balaban J connectivity index is 1.45. The summed E-state index contributed by atoms with van der Waals surface area (Å²) < 4.78 is 0. The van der Waals surface area contributed by atoms with Crippen LogP contribution in [0.3, 0.4) is 0 Å². The molecule has 1 heteroatoms. The third-order valence-electron chi connectivity index (χ3n) is 6.56. The van der Waals surface area contributed by atoms with E-state index in [1.54, 1.807) is 0 Å². The molecule has 0 bridgehead atoms. The molecule has 0 aliphatic heterocycles. The first-order valence-electron chi connectivity index (χ1n) is 8.53. The van der Waals surface area contributed by atoms with Crippen molar-refractivity contribution in [3.05, 3.63) is 12.2 Å². The quantitative estimate of drug-likeness (QED) is 0.733. The second kappa shape index (κ2) is 5.24. The topological polar surface area (TPSA) is 12.0 Å². The zero-order valence-corrected chi connectivity index (χ0v) is 13.0. The first kappa shape index (κ1) is 13.7. The summed E-state index contributed by atoms with van der Waals surface area (Å²) in [4.78, 5) is 0. The van der Waals surface area contributed by atoms with Gasteiger partial charge in [0, 0.05) is 12.1 Å². The number of hydrogen-bond acceptors (Lipinski definition) is 1. The zero-order valence-electron chi connectivity index (χ0n) is 13.0. The van der Waals surface area contributed by atoms with Crippen LogP contribution < -0.4 is 5.32 Å². The number of allylic oxidation sites excluding steroid dienone is 1. The molecule has 3 atom stereocenters. The average Bonchev–Trinajstić information content (AvgIpc) is 2.78. The SMILES string of the molecule is CCC(C)(C)C1CCC(NC2CC3CC=CC32)CC1. The van der Waals surface area contributed by atoms with Crippen molar-refractivity contribution in [1.29, 1.82) is 0 Å². The molecule has 0 spiro atoms. The van der Waals surface area contributed by atoms with Crippen molar-refractivity contribution in [1.82, 2.24) is 5.32 Å². The fourth-order valence-electron chi connectivity index (χ4n) is 4.54. The van der Waals surface area contributed by atoms with Crippen molar-refractivity contribution in [3.8, 4) is 0 Å². The van der Waals surface area contributed by atoms with Crippen molar-refractivity contribution >= 4 is 0 Å². The Morgan fingerprint density at radius 1 is 1.16 bits per heavy atom. The highest BCUT2D eigenvalue weighted by Crippen LogP contribution is 2.44. The van der Waals surface area contributed by atoms with Crippen LogP contribution in [0.5, 0.6) is 0 Å². The third-order valence-corrected chi connectivity index (χ3v) is 6.56. The second-order valence-electron chi connectivity index (χ2n) is 7.90. The van der Waals surface area contributed by atoms with Gasteiger partial charge in [0.05, 0.1) is 0 Å². The number of nitrogens with one attached hydrogen (secondary N) is 1. The van der Waals surface area contributed by atoms with Crippen molar-refractivity contribution in [2.75, 3.05) is 0 Å². The molecule has 0 radical (unpaired) electrons. The van der Waals surface area contributed by atoms with Gasteiger partial charge in [0.25, 0.3) is 0 Å². The summed E-state index contributed by atoms with van der Waals surface area (Å²) in [5.41, 5.74) is 0.556. The van der Waals surface area contributed by atoms with Gasteiger partial charge in [-0.3, -0.25) is 0 Å². The molecule has 0 amide bonds. The van der Waals surface area contributed by atoms with Crippen LogP contribution in [-0.2, 0) is 0 Å². The molecule has 2 saturated carbocycles. The molecule has 0 heterocycles. The van der Waals surface area contributed by atoms with Crippen molar-refractivity contribution < 1.29 is 0 Å². The minimum atomic E-state index is 0.556. The van der Waals surface area contributed by atoms with E-state index in [0.717, 1.165) is 29.8 Å². The molecule has 3 aliphatic rings. The average molecular weight is 261 g/mol. The monoisotopic (exact) mass is 261 g/mol. The summed E-state index contributed by atoms with van der Waals surface area (Å²) in [6, 6.07) is 1.62. The molecule has 0 saturated heterocycles. The summed E-state index contributed by atoms with van der Waals surface area (Å²) in [6.45, 7) is 7.28. The molecular formula is C18H31N. The molecule has 3 aliphatic carbocycles. The highest BCUT2D eigenvalue weighted by molar-refractivity contribution is 5.13. The van der Waals surface area contributed by atoms with Gasteiger partial charge in [-0.2, -0.15) is 0 Å². The van der Waals surface area contributed by atoms with Crippen molar-refractivity contribution in [2.24, 2.45) is 23.2 Å². The van der Waals surface area contributed by atoms with Crippen LogP contribution in [0.2, 0.25) is 0 Å². The molecule has 0 aromatic carbocycles. The number of hydrogen-bond donors (Lipinski definition) is 1. The largest absolute Gasteiger partial charge is 0.311 e. The van der Waals surface area contributed by atoms with E-state index in [4.69, 9.17) is 0 Å². The molecule has 3 rings (SSSR count). The number of rotatable bonds is 4. The predicted molar refractivity (Wildman–Crippen MR) is 82.1 cm³/mol. The lowest BCUT2D eigenvalue weighted by atomic mass is 9.67. The predicted octanol–water partition coefficient (Wildman–Crippen LogP) is 4.54. The van der Waals surface area contributed by atoms with Crippen LogP contribution in [-0.4, -0.2) is 12.1 Å². The van der Waals surface area contributed by atoms with Gasteiger partial charge in [-0.15, -0.1) is 0 Å². The first-order valence-corrected chi connectivity index (χ1v) is 8.53. The minimum Gasteiger partial charge on any atom is -0.311 e. The Morgan fingerprint density at radius 2 is 1.89 bits per heavy atom. The van der Waals surface area contributed by atoms with Crippen molar-refractivity contribution in [3.63, 3.8) is 0 Å². The van der Waals surface area contributed by atoms with E-state index in [0.29, 0.717) is 5.41 Å². The molecule has 1 nitrogen and oxygen atoms in total. The lowest BCUT2D eigenvalue weighted by Crippen LogP contribution is -2.52. The zero-order chi connectivity index (χ0) is 13.5. The molecule has 2 fully saturated rings. The summed E-state index contributed by atoms with van der Waals surface area (Å²) in [5, 5.41) is 3.97. The maximum absolute atomic E-state index is 3.97. The Hall–Kier alpha value is -0.300. The van der Waals surface area contributed by atoms with Gasteiger partial charge in [0.2, 0.25) is 0 Å². The number of fused-ring (bicyclic) bond motifs is 1. The van der Waals surface area contributed by atoms with Gasteiger partial charge in [-0.25, -0.2) is 0 Å². The molecule has 19 heavy (non-hydrogen) atoms. The molecule has 108 valence electrons. The lowest BCUT2D eigenvalue weighted by Gasteiger charge is -2.45. The summed E-state index contributed by atoms with van der Waals surface area (Å²) in [7, 11) is 0. The summed E-state index contributed by atoms with van der Waals surface area (Å²) in [5.74, 6) is 2.83. The van der Waals surface area contributed by atoms with Gasteiger partial charge in [-0.1, -0.05) is 39.3 Å². The minimum absolute atomic E-state index is 0.556. The molecule has 1 N–H and O–H groups in total. The molecule has 0 aromatic rings. The summed E-state index contributed by atoms with van der Waals surface area (Å²) >= 11 is 0. The van der Waals surface area contributed by atoms with Crippen molar-refractivity contribution in [2.45, 2.75) is 77.8 Å². The van der Waals surface area contributed by atoms with Gasteiger partial charge in [0.1, 0.15) is 0 Å². The van der Waals surface area contributed by atoms with Gasteiger partial charge >= 0.3 is 0 Å². The lowest BCUT2D eigenvalue weighted by molar-refractivity contribution is 0.104. The van der Waals surface area contributed by atoms with E-state index in [1.165, 1.54) is 44.9 Å². The highest BCUT2D eigenvalue weighted by Gasteiger charge is 2.42. The molecular weight excluding hydrogens is 230 g/mol. The van der Waals surface area contributed by atoms with Crippen LogP contribution in [0.25, 0.3) is 0 Å². The van der Waals surface area contributed by atoms with Gasteiger partial charge < -0.3 is 5.32 Å². The van der Waals surface area contributed by atoms with E-state index in [1.807, 2.05) is 0 Å². The van der Waals surface area contributed by atoms with Gasteiger partial charge in [-0.05, 0) is 61.7 Å². The van der Waals surface area contributed by atoms with E-state index >= 15 is 0 Å². The van der Waals surface area contributed by atoms with Crippen LogP contribution >= 0.6 is 0 Å². The van der Waals surface area contributed by atoms with E-state index < -0.39 is 0 Å². The second-order valence-corrected chi connectivity index (χ2v) is 7.90. The Bertz CT molecular complexity index is 336. The maximum Gasteiger partial charge on any atom is 0.0138 e. The Kier molecular flexibility index (Phi) is 3.77. The van der Waals surface area contributed by atoms with E-state index in [2.05, 4.69) is 38.2 Å².